The van der Waals surface area contributed by atoms with Gasteiger partial charge in [0.25, 0.3) is 0 Å². The van der Waals surface area contributed by atoms with Crippen LogP contribution >= 0.6 is 11.6 Å². The predicted molar refractivity (Wildman–Crippen MR) is 89.6 cm³/mol. The number of ether oxygens (including phenoxy) is 1. The molecule has 0 saturated heterocycles. The highest BCUT2D eigenvalue weighted by atomic mass is 35.5. The van der Waals surface area contributed by atoms with Crippen LogP contribution in [0.15, 0.2) is 36.4 Å². The largest absolute Gasteiger partial charge is 0.457 e. The molecule has 2 aromatic carbocycles. The van der Waals surface area contributed by atoms with E-state index in [1.165, 1.54) is 11.1 Å². The van der Waals surface area contributed by atoms with Crippen LogP contribution in [0.3, 0.4) is 0 Å². The van der Waals surface area contributed by atoms with Crippen LogP contribution in [0.5, 0.6) is 11.5 Å². The van der Waals surface area contributed by atoms with E-state index in [1.807, 2.05) is 31.3 Å². The Labute approximate surface area is 132 Å². The lowest BCUT2D eigenvalue weighted by Gasteiger charge is -2.13. The van der Waals surface area contributed by atoms with Crippen molar-refractivity contribution >= 4 is 11.6 Å². The molecule has 0 radical (unpaired) electrons. The molecule has 2 rings (SSSR count). The second kappa shape index (κ2) is 6.97. The van der Waals surface area contributed by atoms with E-state index in [0.717, 1.165) is 28.6 Å². The molecule has 0 aliphatic rings. The summed E-state index contributed by atoms with van der Waals surface area (Å²) in [6.45, 7) is 7.26. The van der Waals surface area contributed by atoms with Crippen LogP contribution in [-0.4, -0.2) is 7.05 Å². The summed E-state index contributed by atoms with van der Waals surface area (Å²) in [7, 11) is 1.90. The molecule has 0 bridgehead atoms. The minimum Gasteiger partial charge on any atom is -0.457 e. The van der Waals surface area contributed by atoms with Crippen LogP contribution in [0, 0.1) is 6.92 Å². The first kappa shape index (κ1) is 15.9. The van der Waals surface area contributed by atoms with Crippen LogP contribution in [0.1, 0.15) is 36.5 Å². The minimum absolute atomic E-state index is 0.523. The summed E-state index contributed by atoms with van der Waals surface area (Å²) in [4.78, 5) is 0. The number of benzene rings is 2. The van der Waals surface area contributed by atoms with Crippen molar-refractivity contribution in [1.29, 1.82) is 0 Å². The van der Waals surface area contributed by atoms with E-state index in [-0.39, 0.29) is 0 Å². The van der Waals surface area contributed by atoms with Gasteiger partial charge in [0.15, 0.2) is 0 Å². The lowest BCUT2D eigenvalue weighted by molar-refractivity contribution is 0.481. The van der Waals surface area contributed by atoms with Crippen molar-refractivity contribution in [3.63, 3.8) is 0 Å². The van der Waals surface area contributed by atoms with Crippen molar-refractivity contribution in [2.75, 3.05) is 7.05 Å². The van der Waals surface area contributed by atoms with Gasteiger partial charge in [0, 0.05) is 11.6 Å². The number of nitrogens with one attached hydrogen (secondary N) is 1. The lowest BCUT2D eigenvalue weighted by Crippen LogP contribution is -2.05. The molecule has 0 aromatic heterocycles. The molecule has 2 nitrogen and oxygen atoms in total. The van der Waals surface area contributed by atoms with E-state index in [2.05, 4.69) is 38.2 Å². The standard InChI is InChI=1S/C18H22ClNO/c1-12(2)17-8-7-15(9-13(17)3)21-16-6-5-14(11-20-4)18(19)10-16/h5-10,12,20H,11H2,1-4H3. The molecule has 0 fully saturated rings. The Bertz CT molecular complexity index is 623. The number of hydrogen-bond donors (Lipinski definition) is 1. The monoisotopic (exact) mass is 303 g/mol. The maximum Gasteiger partial charge on any atom is 0.128 e. The SMILES string of the molecule is CNCc1ccc(Oc2ccc(C(C)C)c(C)c2)cc1Cl. The van der Waals surface area contributed by atoms with Gasteiger partial charge in [0.05, 0.1) is 0 Å². The quantitative estimate of drug-likeness (QED) is 0.811. The summed E-state index contributed by atoms with van der Waals surface area (Å²) >= 11 is 6.25. The molecule has 21 heavy (non-hydrogen) atoms. The third-order valence-corrected chi connectivity index (χ3v) is 3.84. The van der Waals surface area contributed by atoms with Gasteiger partial charge in [-0.25, -0.2) is 0 Å². The van der Waals surface area contributed by atoms with E-state index in [0.29, 0.717) is 5.92 Å². The first-order chi connectivity index (χ1) is 10.0. The Morgan fingerprint density at radius 1 is 1.10 bits per heavy atom. The zero-order chi connectivity index (χ0) is 15.4. The number of aryl methyl sites for hydroxylation is 1. The minimum atomic E-state index is 0.523. The molecule has 1 N–H and O–H groups in total. The van der Waals surface area contributed by atoms with Crippen molar-refractivity contribution in [3.8, 4) is 11.5 Å². The van der Waals surface area contributed by atoms with Gasteiger partial charge in [-0.3, -0.25) is 0 Å². The maximum absolute atomic E-state index is 6.25. The fraction of sp³-hybridized carbons (Fsp3) is 0.333. The fourth-order valence-corrected chi connectivity index (χ4v) is 2.66. The first-order valence-electron chi connectivity index (χ1n) is 7.22. The summed E-state index contributed by atoms with van der Waals surface area (Å²) in [6, 6.07) is 12.0. The Morgan fingerprint density at radius 3 is 2.33 bits per heavy atom. The van der Waals surface area contributed by atoms with Gasteiger partial charge in [-0.15, -0.1) is 0 Å². The average molecular weight is 304 g/mol. The molecule has 0 saturated carbocycles. The van der Waals surface area contributed by atoms with Gasteiger partial charge in [-0.05, 0) is 60.8 Å². The summed E-state index contributed by atoms with van der Waals surface area (Å²) < 4.78 is 5.90. The van der Waals surface area contributed by atoms with E-state index >= 15 is 0 Å². The van der Waals surface area contributed by atoms with Crippen LogP contribution in [0.4, 0.5) is 0 Å². The smallest absolute Gasteiger partial charge is 0.128 e. The lowest BCUT2D eigenvalue weighted by atomic mass is 9.98. The molecule has 3 heteroatoms. The van der Waals surface area contributed by atoms with Crippen LogP contribution in [0.25, 0.3) is 0 Å². The van der Waals surface area contributed by atoms with Crippen molar-refractivity contribution in [2.45, 2.75) is 33.2 Å². The number of hydrogen-bond acceptors (Lipinski definition) is 2. The third-order valence-electron chi connectivity index (χ3n) is 3.49. The van der Waals surface area contributed by atoms with E-state index < -0.39 is 0 Å². The summed E-state index contributed by atoms with van der Waals surface area (Å²) in [5, 5.41) is 3.81. The van der Waals surface area contributed by atoms with Crippen molar-refractivity contribution < 1.29 is 4.74 Å². The molecule has 112 valence electrons. The molecule has 0 atom stereocenters. The van der Waals surface area contributed by atoms with E-state index in [1.54, 1.807) is 0 Å². The molecule has 0 aliphatic carbocycles. The van der Waals surface area contributed by atoms with Crippen LogP contribution in [0.2, 0.25) is 5.02 Å². The summed E-state index contributed by atoms with van der Waals surface area (Å²) in [6.07, 6.45) is 0. The highest BCUT2D eigenvalue weighted by molar-refractivity contribution is 6.31. The van der Waals surface area contributed by atoms with Gasteiger partial charge in [0.1, 0.15) is 11.5 Å². The van der Waals surface area contributed by atoms with Crippen LogP contribution < -0.4 is 10.1 Å². The molecular weight excluding hydrogens is 282 g/mol. The molecule has 2 aromatic rings. The Hall–Kier alpha value is -1.51. The fourth-order valence-electron chi connectivity index (χ4n) is 2.42. The molecular formula is C18H22ClNO. The van der Waals surface area contributed by atoms with Crippen molar-refractivity contribution in [2.24, 2.45) is 0 Å². The second-order valence-corrected chi connectivity index (χ2v) is 5.97. The average Bonchev–Trinajstić information content (AvgIpc) is 2.41. The molecule has 0 amide bonds. The Balaban J connectivity index is 2.18. The Kier molecular flexibility index (Phi) is 5.27. The molecule has 0 unspecified atom stereocenters. The topological polar surface area (TPSA) is 21.3 Å². The van der Waals surface area contributed by atoms with E-state index in [9.17, 15) is 0 Å². The highest BCUT2D eigenvalue weighted by Gasteiger charge is 2.07. The van der Waals surface area contributed by atoms with E-state index in [4.69, 9.17) is 16.3 Å². The van der Waals surface area contributed by atoms with Crippen molar-refractivity contribution in [1.82, 2.24) is 5.32 Å². The molecule has 0 aliphatic heterocycles. The summed E-state index contributed by atoms with van der Waals surface area (Å²) in [5.74, 6) is 2.13. The zero-order valence-electron chi connectivity index (χ0n) is 13.0. The third kappa shape index (κ3) is 3.99. The number of halogens is 1. The number of rotatable bonds is 5. The highest BCUT2D eigenvalue weighted by Crippen LogP contribution is 2.29. The second-order valence-electron chi connectivity index (χ2n) is 5.56. The molecule has 0 heterocycles. The summed E-state index contributed by atoms with van der Waals surface area (Å²) in [5.41, 5.74) is 3.67. The maximum atomic E-state index is 6.25. The molecule has 0 spiro atoms. The zero-order valence-corrected chi connectivity index (χ0v) is 13.8. The first-order valence-corrected chi connectivity index (χ1v) is 7.60. The van der Waals surface area contributed by atoms with Gasteiger partial charge in [-0.1, -0.05) is 37.6 Å². The van der Waals surface area contributed by atoms with Crippen molar-refractivity contribution in [3.05, 3.63) is 58.1 Å². The van der Waals surface area contributed by atoms with Crippen LogP contribution in [-0.2, 0) is 6.54 Å². The predicted octanol–water partition coefficient (Wildman–Crippen LogP) is 5.28. The van der Waals surface area contributed by atoms with Gasteiger partial charge < -0.3 is 10.1 Å². The van der Waals surface area contributed by atoms with Gasteiger partial charge in [-0.2, -0.15) is 0 Å². The van der Waals surface area contributed by atoms with Gasteiger partial charge >= 0.3 is 0 Å². The van der Waals surface area contributed by atoms with Gasteiger partial charge in [0.2, 0.25) is 0 Å². The normalized spacial score (nSPS) is 11.0. The Morgan fingerprint density at radius 2 is 1.76 bits per heavy atom.